The van der Waals surface area contributed by atoms with E-state index in [-0.39, 0.29) is 68.5 Å². The number of hydrogen-bond acceptors (Lipinski definition) is 7. The molecule has 8 nitrogen and oxygen atoms in total. The number of aliphatic hydroxyl groups is 1. The minimum atomic E-state index is -0.199. The molecule has 2 N–H and O–H groups in total. The van der Waals surface area contributed by atoms with Crippen molar-refractivity contribution >= 4 is 22.8 Å². The van der Waals surface area contributed by atoms with Crippen LogP contribution in [0.15, 0.2) is 22.2 Å². The van der Waals surface area contributed by atoms with E-state index < -0.39 is 0 Å². The van der Waals surface area contributed by atoms with Gasteiger partial charge in [-0.2, -0.15) is 5.10 Å². The van der Waals surface area contributed by atoms with Crippen LogP contribution in [0.2, 0.25) is 0 Å². The van der Waals surface area contributed by atoms with E-state index in [1.165, 1.54) is 11.3 Å². The van der Waals surface area contributed by atoms with Crippen molar-refractivity contribution < 1.29 is 50.1 Å². The Morgan fingerprint density at radius 3 is 2.58 bits per heavy atom. The average molecular weight is 706 g/mol. The molecule has 9 heteroatoms. The van der Waals surface area contributed by atoms with Gasteiger partial charge in [0, 0.05) is 80.7 Å². The molecule has 0 amide bonds. The van der Waals surface area contributed by atoms with Gasteiger partial charge in [-0.15, -0.1) is 9.89 Å². The summed E-state index contributed by atoms with van der Waals surface area (Å²) in [6, 6.07) is 4.46. The molecule has 2 aliphatic heterocycles. The molecule has 0 saturated heterocycles. The fourth-order valence-electron chi connectivity index (χ4n) is 5.39. The predicted octanol–water partition coefficient (Wildman–Crippen LogP) is 4.38. The number of benzene rings is 1. The van der Waals surface area contributed by atoms with Gasteiger partial charge in [-0.05, 0) is 63.4 Å². The molecule has 2 aromatic rings. The number of aliphatic hydroxyl groups excluding tert-OH is 1. The van der Waals surface area contributed by atoms with Crippen LogP contribution in [-0.4, -0.2) is 63.7 Å². The molecular formula is C27H41N7ORa. The Morgan fingerprint density at radius 2 is 1.97 bits per heavy atom. The zero-order valence-electron chi connectivity index (χ0n) is 23.5. The Hall–Kier alpha value is -1.11. The summed E-state index contributed by atoms with van der Waals surface area (Å²) in [5.74, 6) is 2.06. The van der Waals surface area contributed by atoms with Crippen molar-refractivity contribution in [3.8, 4) is 0 Å². The van der Waals surface area contributed by atoms with Crippen LogP contribution in [0.3, 0.4) is 0 Å². The Kier molecular flexibility index (Phi) is 8.95. The van der Waals surface area contributed by atoms with Crippen LogP contribution in [0.4, 0.5) is 11.4 Å². The van der Waals surface area contributed by atoms with Crippen LogP contribution in [-0.2, 0) is 0 Å². The van der Waals surface area contributed by atoms with Crippen LogP contribution in [0, 0.1) is 57.3 Å². The zero-order chi connectivity index (χ0) is 25.7. The summed E-state index contributed by atoms with van der Waals surface area (Å²) in [6.45, 7) is 19.0. The fraction of sp³-hybridized carbons (Fsp3) is 0.630. The number of nitrogens with one attached hydrogen (secondary N) is 1. The molecule has 192 valence electrons. The fourth-order valence-corrected chi connectivity index (χ4v) is 5.39. The molecular weight excluding hydrogens is 664 g/mol. The van der Waals surface area contributed by atoms with Crippen LogP contribution < -0.4 is 10.2 Å². The summed E-state index contributed by atoms with van der Waals surface area (Å²) in [7, 11) is 1.94. The molecule has 36 heavy (non-hydrogen) atoms. The standard InChI is InChI=1S/C27H41N7O.Ra/c1-16-12-21-19(17(2)14-27(7,8)33(21)10-11-35)13-20(16)29-22-23(26(4,5)6)31-34-25(22)30-24(32-34)18(3)15-28-9;/h12-13,17-18,28,35H,10-11,14-15H2,1-9H3;. The largest absolute Gasteiger partial charge is 0.395 e. The second-order valence-corrected chi connectivity index (χ2v) is 11.8. The second kappa shape index (κ2) is 10.9. The molecule has 0 fully saturated rings. The van der Waals surface area contributed by atoms with E-state index in [0.29, 0.717) is 18.3 Å². The topological polar surface area (TPSA) is 90.9 Å². The Bertz CT molecular complexity index is 1180. The van der Waals surface area contributed by atoms with Gasteiger partial charge >= 0.3 is 0 Å². The number of likely N-dealkylation sites (N-methyl/N-ethyl adjacent to an activating group) is 1. The first-order chi connectivity index (χ1) is 16.4. The molecule has 2 unspecified atom stereocenters. The number of anilines is 1. The van der Waals surface area contributed by atoms with Gasteiger partial charge in [0.15, 0.2) is 5.82 Å². The molecule has 0 spiro atoms. The van der Waals surface area contributed by atoms with Gasteiger partial charge in [0.2, 0.25) is 5.82 Å². The zero-order valence-corrected chi connectivity index (χ0v) is 29.3. The van der Waals surface area contributed by atoms with E-state index >= 15 is 0 Å². The van der Waals surface area contributed by atoms with E-state index in [4.69, 9.17) is 15.1 Å². The van der Waals surface area contributed by atoms with Crippen molar-refractivity contribution in [3.63, 3.8) is 0 Å². The summed E-state index contributed by atoms with van der Waals surface area (Å²) in [6.07, 6.45) is 1.02. The third-order valence-electron chi connectivity index (χ3n) is 7.16. The van der Waals surface area contributed by atoms with E-state index in [0.717, 1.165) is 41.5 Å². The van der Waals surface area contributed by atoms with E-state index in [2.05, 4.69) is 82.8 Å². The number of hydrogen-bond donors (Lipinski definition) is 2. The van der Waals surface area contributed by atoms with Gasteiger partial charge in [0.1, 0.15) is 5.71 Å². The summed E-state index contributed by atoms with van der Waals surface area (Å²) in [5, 5.41) is 22.4. The van der Waals surface area contributed by atoms with Crippen molar-refractivity contribution in [1.29, 1.82) is 0 Å². The normalized spacial score (nSPS) is 20.6. The van der Waals surface area contributed by atoms with Gasteiger partial charge < -0.3 is 15.3 Å². The predicted molar refractivity (Wildman–Crippen MR) is 144 cm³/mol. The van der Waals surface area contributed by atoms with Crippen molar-refractivity contribution in [1.82, 2.24) is 20.2 Å². The second-order valence-electron chi connectivity index (χ2n) is 11.8. The number of aromatic nitrogens is 3. The van der Waals surface area contributed by atoms with Crippen molar-refractivity contribution in [2.24, 2.45) is 15.5 Å². The Labute approximate surface area is 252 Å². The first-order valence-electron chi connectivity index (χ1n) is 12.7. The maximum atomic E-state index is 9.73. The summed E-state index contributed by atoms with van der Waals surface area (Å²) in [5.41, 5.74) is 6.00. The molecule has 4 rings (SSSR count). The maximum Gasteiger partial charge on any atom is 0.204 e. The molecule has 0 saturated carbocycles. The van der Waals surface area contributed by atoms with E-state index in [9.17, 15) is 5.11 Å². The molecule has 0 aliphatic carbocycles. The van der Waals surface area contributed by atoms with Crippen LogP contribution in [0.25, 0.3) is 0 Å². The minimum Gasteiger partial charge on any atom is -0.395 e. The molecule has 0 bridgehead atoms. The number of fused-ring (bicyclic) bond motifs is 2. The van der Waals surface area contributed by atoms with Gasteiger partial charge in [0.25, 0.3) is 0 Å². The monoisotopic (exact) mass is 705 g/mol. The van der Waals surface area contributed by atoms with Crippen LogP contribution in [0.5, 0.6) is 0 Å². The quantitative estimate of drug-likeness (QED) is 0.466. The maximum absolute atomic E-state index is 9.73. The summed E-state index contributed by atoms with van der Waals surface area (Å²) >= 11 is 0. The van der Waals surface area contributed by atoms with Crippen molar-refractivity contribution in [2.45, 2.75) is 79.2 Å². The number of aryl methyl sites for hydroxylation is 1. The van der Waals surface area contributed by atoms with Gasteiger partial charge in [-0.25, -0.2) is 9.98 Å². The number of aliphatic imine (C=N–C) groups is 1. The minimum absolute atomic E-state index is 0. The number of β-amino-alcohol motifs (C(OH)–C–C–N with tert-alkyl or cyclic N) is 1. The molecule has 1 aromatic carbocycles. The SMILES string of the molecule is CNCC(C)c1nc2n(n1)N=C(C(C)(C)C)C2=Nc1cc2c(cc1C)N(CCO)C(C)(C)CC2C.[Ra]. The number of rotatable bonds is 6. The van der Waals surface area contributed by atoms with Gasteiger partial charge in [-0.3, -0.25) is 0 Å². The first-order valence-corrected chi connectivity index (χ1v) is 12.7. The summed E-state index contributed by atoms with van der Waals surface area (Å²) in [4.78, 5) is 14.1. The van der Waals surface area contributed by atoms with Crippen molar-refractivity contribution in [2.75, 3.05) is 31.6 Å². The van der Waals surface area contributed by atoms with Gasteiger partial charge in [0.05, 0.1) is 18.0 Å². The molecule has 2 atom stereocenters. The van der Waals surface area contributed by atoms with Crippen LogP contribution >= 0.6 is 0 Å². The molecule has 2 radical (unpaired) electrons. The average Bonchev–Trinajstić information content (AvgIpc) is 3.31. The van der Waals surface area contributed by atoms with E-state index in [1.54, 1.807) is 4.79 Å². The molecule has 2 aliphatic rings. The Morgan fingerprint density at radius 1 is 1.28 bits per heavy atom. The van der Waals surface area contributed by atoms with E-state index in [1.807, 2.05) is 7.05 Å². The first kappa shape index (κ1) is 29.4. The smallest absolute Gasteiger partial charge is 0.204 e. The van der Waals surface area contributed by atoms with Gasteiger partial charge in [-0.1, -0.05) is 34.6 Å². The Balaban J connectivity index is 0.00000361. The third kappa shape index (κ3) is 5.51. The summed E-state index contributed by atoms with van der Waals surface area (Å²) < 4.78 is 0. The van der Waals surface area contributed by atoms with Crippen molar-refractivity contribution in [3.05, 3.63) is 34.9 Å². The third-order valence-corrected chi connectivity index (χ3v) is 7.16. The number of nitrogens with zero attached hydrogens (tertiary/aromatic N) is 6. The molecule has 1 aromatic heterocycles. The molecule has 3 heterocycles. The van der Waals surface area contributed by atoms with Crippen LogP contribution in [0.1, 0.15) is 89.5 Å².